The molecule has 0 saturated heterocycles. The van der Waals surface area contributed by atoms with Crippen LogP contribution in [-0.2, 0) is 13.5 Å². The molecule has 2 aromatic rings. The Morgan fingerprint density at radius 2 is 2.33 bits per heavy atom. The Hall–Kier alpha value is -1.82. The zero-order valence-corrected chi connectivity index (χ0v) is 13.7. The lowest BCUT2D eigenvalue weighted by molar-refractivity contribution is 0.707. The summed E-state index contributed by atoms with van der Waals surface area (Å²) < 4.78 is 1.82. The Balaban J connectivity index is 1.71. The van der Waals surface area contributed by atoms with Crippen molar-refractivity contribution in [1.82, 2.24) is 20.4 Å². The first kappa shape index (κ1) is 15.6. The lowest BCUT2D eigenvalue weighted by Crippen LogP contribution is -2.39. The molecule has 0 bridgehead atoms. The molecule has 0 saturated carbocycles. The molecule has 0 aliphatic heterocycles. The molecule has 0 fully saturated rings. The molecule has 2 heterocycles. The van der Waals surface area contributed by atoms with Crippen molar-refractivity contribution in [3.63, 3.8) is 0 Å². The average molecular weight is 305 g/mol. The van der Waals surface area contributed by atoms with Gasteiger partial charge in [-0.3, -0.25) is 9.67 Å². The number of thiophene rings is 1. The highest BCUT2D eigenvalue weighted by Crippen LogP contribution is 2.19. The van der Waals surface area contributed by atoms with E-state index < -0.39 is 0 Å². The molecule has 0 spiro atoms. The average Bonchev–Trinajstić information content (AvgIpc) is 3.14. The molecule has 0 aliphatic rings. The van der Waals surface area contributed by atoms with E-state index in [9.17, 15) is 0 Å². The van der Waals surface area contributed by atoms with Crippen LogP contribution in [-0.4, -0.2) is 35.9 Å². The Kier molecular flexibility index (Phi) is 5.80. The van der Waals surface area contributed by atoms with Gasteiger partial charge in [0.25, 0.3) is 0 Å². The predicted octanol–water partition coefficient (Wildman–Crippen LogP) is 1.99. The first-order chi connectivity index (χ1) is 10.2. The van der Waals surface area contributed by atoms with Gasteiger partial charge < -0.3 is 10.6 Å². The molecule has 0 aromatic carbocycles. The maximum absolute atomic E-state index is 4.25. The van der Waals surface area contributed by atoms with Crippen molar-refractivity contribution in [1.29, 1.82) is 0 Å². The Morgan fingerprint density at radius 1 is 1.48 bits per heavy atom. The number of nitrogens with one attached hydrogen (secondary N) is 2. The Morgan fingerprint density at radius 3 is 2.95 bits per heavy atom. The number of aryl methyl sites for hydroxylation is 1. The van der Waals surface area contributed by atoms with Gasteiger partial charge in [0, 0.05) is 44.2 Å². The third kappa shape index (κ3) is 4.90. The van der Waals surface area contributed by atoms with Crippen LogP contribution in [0.2, 0.25) is 0 Å². The zero-order chi connectivity index (χ0) is 15.1. The second-order valence-corrected chi connectivity index (χ2v) is 6.05. The number of nitrogens with zero attached hydrogens (tertiary/aromatic N) is 3. The lowest BCUT2D eigenvalue weighted by Gasteiger charge is -2.15. The summed E-state index contributed by atoms with van der Waals surface area (Å²) in [5, 5.41) is 13.0. The monoisotopic (exact) mass is 305 g/mol. The van der Waals surface area contributed by atoms with Crippen LogP contribution in [0.15, 0.2) is 34.9 Å². The van der Waals surface area contributed by atoms with Crippen LogP contribution < -0.4 is 10.6 Å². The Labute approximate surface area is 130 Å². The summed E-state index contributed by atoms with van der Waals surface area (Å²) in [5.74, 6) is 1.34. The van der Waals surface area contributed by atoms with Crippen LogP contribution in [0.1, 0.15) is 23.3 Å². The first-order valence-corrected chi connectivity index (χ1v) is 8.02. The number of hydrogen-bond donors (Lipinski definition) is 2. The van der Waals surface area contributed by atoms with Crippen LogP contribution in [0, 0.1) is 0 Å². The second-order valence-electron chi connectivity index (χ2n) is 5.07. The quantitative estimate of drug-likeness (QED) is 0.634. The highest BCUT2D eigenvalue weighted by atomic mass is 32.1. The maximum Gasteiger partial charge on any atom is 0.191 e. The van der Waals surface area contributed by atoms with Gasteiger partial charge in [-0.1, -0.05) is 13.0 Å². The number of guanidine groups is 1. The van der Waals surface area contributed by atoms with E-state index in [-0.39, 0.29) is 0 Å². The number of aromatic nitrogens is 2. The van der Waals surface area contributed by atoms with Crippen LogP contribution in [0.25, 0.3) is 0 Å². The second kappa shape index (κ2) is 7.83. The minimum absolute atomic E-state index is 0.488. The van der Waals surface area contributed by atoms with E-state index in [2.05, 4.69) is 45.2 Å². The summed E-state index contributed by atoms with van der Waals surface area (Å²) in [5.41, 5.74) is 1.23. The van der Waals surface area contributed by atoms with Crippen molar-refractivity contribution in [3.8, 4) is 0 Å². The van der Waals surface area contributed by atoms with Gasteiger partial charge in [-0.15, -0.1) is 11.3 Å². The Bertz CT molecular complexity index is 558. The van der Waals surface area contributed by atoms with E-state index >= 15 is 0 Å². The zero-order valence-electron chi connectivity index (χ0n) is 12.8. The van der Waals surface area contributed by atoms with Crippen molar-refractivity contribution in [2.24, 2.45) is 12.0 Å². The summed E-state index contributed by atoms with van der Waals surface area (Å²) in [4.78, 5) is 5.65. The van der Waals surface area contributed by atoms with Gasteiger partial charge in [0.05, 0.1) is 6.20 Å². The van der Waals surface area contributed by atoms with Crippen molar-refractivity contribution >= 4 is 17.3 Å². The third-order valence-electron chi connectivity index (χ3n) is 3.29. The minimum atomic E-state index is 0.488. The van der Waals surface area contributed by atoms with Gasteiger partial charge in [-0.05, 0) is 23.4 Å². The van der Waals surface area contributed by atoms with Gasteiger partial charge in [0.1, 0.15) is 0 Å². The van der Waals surface area contributed by atoms with E-state index in [0.717, 1.165) is 25.5 Å². The highest BCUT2D eigenvalue weighted by Gasteiger charge is 2.07. The molecule has 0 amide bonds. The maximum atomic E-state index is 4.25. The van der Waals surface area contributed by atoms with Gasteiger partial charge in [-0.2, -0.15) is 5.10 Å². The smallest absolute Gasteiger partial charge is 0.191 e. The molecule has 21 heavy (non-hydrogen) atoms. The van der Waals surface area contributed by atoms with E-state index in [1.54, 1.807) is 18.4 Å². The fraction of sp³-hybridized carbons (Fsp3) is 0.467. The van der Waals surface area contributed by atoms with Crippen molar-refractivity contribution in [2.45, 2.75) is 19.3 Å². The number of hydrogen-bond acceptors (Lipinski definition) is 3. The standard InChI is InChI=1S/C15H23N5S/c1-12(14-5-4-8-21-14)9-18-15(16-2)17-7-6-13-10-19-20(3)11-13/h4-5,8,10-12H,6-7,9H2,1-3H3,(H2,16,17,18). The lowest BCUT2D eigenvalue weighted by atomic mass is 10.1. The minimum Gasteiger partial charge on any atom is -0.356 e. The summed E-state index contributed by atoms with van der Waals surface area (Å²) in [6, 6.07) is 4.27. The van der Waals surface area contributed by atoms with Crippen LogP contribution in [0.5, 0.6) is 0 Å². The third-order valence-corrected chi connectivity index (χ3v) is 4.40. The van der Waals surface area contributed by atoms with Gasteiger partial charge in [0.15, 0.2) is 5.96 Å². The van der Waals surface area contributed by atoms with E-state index in [0.29, 0.717) is 5.92 Å². The predicted molar refractivity (Wildman–Crippen MR) is 89.0 cm³/mol. The normalized spacial score (nSPS) is 13.2. The van der Waals surface area contributed by atoms with Gasteiger partial charge in [0.2, 0.25) is 0 Å². The van der Waals surface area contributed by atoms with Crippen molar-refractivity contribution in [3.05, 3.63) is 40.3 Å². The van der Waals surface area contributed by atoms with Gasteiger partial charge >= 0.3 is 0 Å². The van der Waals surface area contributed by atoms with E-state index in [1.165, 1.54) is 10.4 Å². The van der Waals surface area contributed by atoms with E-state index in [1.807, 2.05) is 24.1 Å². The molecule has 2 aromatic heterocycles. The number of rotatable bonds is 6. The molecule has 114 valence electrons. The molecule has 0 aliphatic carbocycles. The molecule has 2 N–H and O–H groups in total. The van der Waals surface area contributed by atoms with Crippen molar-refractivity contribution in [2.75, 3.05) is 20.1 Å². The van der Waals surface area contributed by atoms with Crippen LogP contribution in [0.3, 0.4) is 0 Å². The molecular formula is C15H23N5S. The van der Waals surface area contributed by atoms with Gasteiger partial charge in [-0.25, -0.2) is 0 Å². The summed E-state index contributed by atoms with van der Waals surface area (Å²) in [7, 11) is 3.73. The summed E-state index contributed by atoms with van der Waals surface area (Å²) >= 11 is 1.80. The highest BCUT2D eigenvalue weighted by molar-refractivity contribution is 7.10. The summed E-state index contributed by atoms with van der Waals surface area (Å²) in [6.45, 7) is 3.95. The molecule has 6 heteroatoms. The largest absolute Gasteiger partial charge is 0.356 e. The first-order valence-electron chi connectivity index (χ1n) is 7.14. The fourth-order valence-electron chi connectivity index (χ4n) is 2.07. The topological polar surface area (TPSA) is 54.2 Å². The fourth-order valence-corrected chi connectivity index (χ4v) is 2.86. The molecule has 1 atom stereocenters. The van der Waals surface area contributed by atoms with E-state index in [4.69, 9.17) is 0 Å². The summed E-state index contributed by atoms with van der Waals surface area (Å²) in [6.07, 6.45) is 4.88. The molecule has 5 nitrogen and oxygen atoms in total. The molecule has 1 unspecified atom stereocenters. The number of aliphatic imine (C=N–C) groups is 1. The van der Waals surface area contributed by atoms with Crippen LogP contribution >= 0.6 is 11.3 Å². The van der Waals surface area contributed by atoms with Crippen LogP contribution in [0.4, 0.5) is 0 Å². The van der Waals surface area contributed by atoms with Crippen molar-refractivity contribution < 1.29 is 0 Å². The molecule has 2 rings (SSSR count). The molecule has 0 radical (unpaired) electrons. The SMILES string of the molecule is CN=C(NCCc1cnn(C)c1)NCC(C)c1cccs1. The molecular weight excluding hydrogens is 282 g/mol.